The van der Waals surface area contributed by atoms with E-state index >= 15 is 0 Å². The number of esters is 1. The Bertz CT molecular complexity index is 911. The highest BCUT2D eigenvalue weighted by atomic mass is 16.5. The number of ether oxygens (including phenoxy) is 1. The van der Waals surface area contributed by atoms with Crippen LogP contribution in [0.4, 0.5) is 5.69 Å². The molecule has 0 bridgehead atoms. The first-order chi connectivity index (χ1) is 12.8. The molecule has 6 heteroatoms. The van der Waals surface area contributed by atoms with Gasteiger partial charge >= 0.3 is 5.97 Å². The molecule has 0 radical (unpaired) electrons. The van der Waals surface area contributed by atoms with Gasteiger partial charge in [-0.15, -0.1) is 0 Å². The molecule has 0 unspecified atom stereocenters. The van der Waals surface area contributed by atoms with Crippen molar-refractivity contribution in [3.63, 3.8) is 0 Å². The number of hydrogen-bond donors (Lipinski definition) is 1. The Kier molecular flexibility index (Phi) is 6.45. The summed E-state index contributed by atoms with van der Waals surface area (Å²) in [6.07, 6.45) is -1.17. The van der Waals surface area contributed by atoms with Crippen LogP contribution in [-0.2, 0) is 9.53 Å². The van der Waals surface area contributed by atoms with Crippen molar-refractivity contribution in [3.8, 4) is 6.07 Å². The Hall–Kier alpha value is -3.46. The van der Waals surface area contributed by atoms with Gasteiger partial charge < -0.3 is 10.1 Å². The molecule has 0 aliphatic rings. The van der Waals surface area contributed by atoms with Gasteiger partial charge in [-0.25, -0.2) is 4.79 Å². The molecule has 2 rings (SSSR count). The number of benzene rings is 2. The van der Waals surface area contributed by atoms with E-state index in [4.69, 9.17) is 10.00 Å². The molecule has 1 amide bonds. The quantitative estimate of drug-likeness (QED) is 0.624. The molecule has 0 aliphatic carbocycles. The number of nitriles is 1. The highest BCUT2D eigenvalue weighted by molar-refractivity contribution is 6.02. The van der Waals surface area contributed by atoms with Crippen LogP contribution in [0.2, 0.25) is 0 Å². The summed E-state index contributed by atoms with van der Waals surface area (Å²) in [4.78, 5) is 36.2. The van der Waals surface area contributed by atoms with Gasteiger partial charge in [0, 0.05) is 11.3 Å². The van der Waals surface area contributed by atoms with E-state index in [1.54, 1.807) is 19.1 Å². The second-order valence-electron chi connectivity index (χ2n) is 6.19. The molecule has 2 aromatic carbocycles. The van der Waals surface area contributed by atoms with Crippen molar-refractivity contribution in [1.29, 1.82) is 5.26 Å². The van der Waals surface area contributed by atoms with Crippen molar-refractivity contribution in [2.45, 2.75) is 33.3 Å². The molecule has 0 saturated carbocycles. The number of aryl methyl sites for hydroxylation is 2. The number of carbonyl (C=O) groups is 3. The SMILES string of the molecule is Cc1ccc(C)c(C(=O)[C@@H](C)OC(=O)c2ccc(NC(=O)CC#N)cc2)c1. The van der Waals surface area contributed by atoms with Crippen molar-refractivity contribution in [2.75, 3.05) is 5.32 Å². The van der Waals surface area contributed by atoms with Crippen molar-refractivity contribution in [2.24, 2.45) is 0 Å². The number of hydrogen-bond acceptors (Lipinski definition) is 5. The van der Waals surface area contributed by atoms with E-state index in [1.807, 2.05) is 26.0 Å². The maximum absolute atomic E-state index is 12.6. The van der Waals surface area contributed by atoms with E-state index in [1.165, 1.54) is 24.3 Å². The van der Waals surface area contributed by atoms with Crippen LogP contribution < -0.4 is 5.32 Å². The van der Waals surface area contributed by atoms with Crippen LogP contribution in [0, 0.1) is 25.2 Å². The molecular formula is C21H20N2O4. The number of Topliss-reactive ketones (excluding diaryl/α,β-unsaturated/α-hetero) is 1. The number of nitrogens with one attached hydrogen (secondary N) is 1. The molecule has 27 heavy (non-hydrogen) atoms. The van der Waals surface area contributed by atoms with Crippen molar-refractivity contribution < 1.29 is 19.1 Å². The predicted octanol–water partition coefficient (Wildman–Crippen LogP) is 3.58. The van der Waals surface area contributed by atoms with Gasteiger partial charge in [-0.1, -0.05) is 17.7 Å². The average molecular weight is 364 g/mol. The molecular weight excluding hydrogens is 344 g/mol. The van der Waals surface area contributed by atoms with Crippen LogP contribution in [0.3, 0.4) is 0 Å². The molecule has 0 aliphatic heterocycles. The van der Waals surface area contributed by atoms with Gasteiger partial charge in [0.2, 0.25) is 11.7 Å². The number of rotatable bonds is 6. The first-order valence-electron chi connectivity index (χ1n) is 8.41. The third-order valence-corrected chi connectivity index (χ3v) is 3.96. The van der Waals surface area contributed by atoms with Crippen molar-refractivity contribution in [1.82, 2.24) is 0 Å². The second-order valence-corrected chi connectivity index (χ2v) is 6.19. The molecule has 1 atom stereocenters. The Balaban J connectivity index is 2.03. The third-order valence-electron chi connectivity index (χ3n) is 3.96. The van der Waals surface area contributed by atoms with Gasteiger partial charge in [0.25, 0.3) is 0 Å². The van der Waals surface area contributed by atoms with Gasteiger partial charge in [-0.3, -0.25) is 9.59 Å². The zero-order valence-corrected chi connectivity index (χ0v) is 15.4. The number of nitrogens with zero attached hydrogens (tertiary/aromatic N) is 1. The van der Waals surface area contributed by atoms with Crippen LogP contribution in [0.25, 0.3) is 0 Å². The molecule has 1 N–H and O–H groups in total. The number of amides is 1. The van der Waals surface area contributed by atoms with Gasteiger partial charge in [-0.05, 0) is 56.7 Å². The Morgan fingerprint density at radius 3 is 2.41 bits per heavy atom. The molecule has 0 spiro atoms. The molecule has 2 aromatic rings. The predicted molar refractivity (Wildman–Crippen MR) is 100 cm³/mol. The van der Waals surface area contributed by atoms with E-state index in [0.717, 1.165) is 11.1 Å². The fourth-order valence-corrected chi connectivity index (χ4v) is 2.47. The second kappa shape index (κ2) is 8.77. The van der Waals surface area contributed by atoms with Gasteiger partial charge in [0.05, 0.1) is 11.6 Å². The minimum Gasteiger partial charge on any atom is -0.451 e. The number of carbonyl (C=O) groups excluding carboxylic acids is 3. The third kappa shape index (κ3) is 5.25. The Labute approximate surface area is 157 Å². The van der Waals surface area contributed by atoms with E-state index in [-0.39, 0.29) is 17.8 Å². The molecule has 6 nitrogen and oxygen atoms in total. The lowest BCUT2D eigenvalue weighted by Crippen LogP contribution is -2.25. The maximum Gasteiger partial charge on any atom is 0.338 e. The van der Waals surface area contributed by atoms with Gasteiger partial charge in [0.15, 0.2) is 6.10 Å². The van der Waals surface area contributed by atoms with Gasteiger partial charge in [-0.2, -0.15) is 5.26 Å². The zero-order chi connectivity index (χ0) is 20.0. The first kappa shape index (κ1) is 19.9. The highest BCUT2D eigenvalue weighted by Crippen LogP contribution is 2.16. The van der Waals surface area contributed by atoms with Crippen LogP contribution in [0.5, 0.6) is 0 Å². The smallest absolute Gasteiger partial charge is 0.338 e. The Morgan fingerprint density at radius 1 is 1.11 bits per heavy atom. The molecule has 138 valence electrons. The summed E-state index contributed by atoms with van der Waals surface area (Å²) in [7, 11) is 0. The summed E-state index contributed by atoms with van der Waals surface area (Å²) in [5, 5.41) is 11.0. The fraction of sp³-hybridized carbons (Fsp3) is 0.238. The summed E-state index contributed by atoms with van der Waals surface area (Å²) < 4.78 is 5.29. The van der Waals surface area contributed by atoms with Crippen LogP contribution in [-0.4, -0.2) is 23.8 Å². The number of anilines is 1. The molecule has 0 aromatic heterocycles. The van der Waals surface area contributed by atoms with E-state index < -0.39 is 18.0 Å². The van der Waals surface area contributed by atoms with E-state index in [2.05, 4.69) is 5.32 Å². The van der Waals surface area contributed by atoms with Crippen LogP contribution >= 0.6 is 0 Å². The monoisotopic (exact) mass is 364 g/mol. The first-order valence-corrected chi connectivity index (χ1v) is 8.41. The lowest BCUT2D eigenvalue weighted by Gasteiger charge is -2.14. The van der Waals surface area contributed by atoms with E-state index in [0.29, 0.717) is 11.3 Å². The maximum atomic E-state index is 12.6. The lowest BCUT2D eigenvalue weighted by atomic mass is 9.99. The Morgan fingerprint density at radius 2 is 1.78 bits per heavy atom. The normalized spacial score (nSPS) is 11.2. The topological polar surface area (TPSA) is 96.3 Å². The summed E-state index contributed by atoms with van der Waals surface area (Å²) in [5.74, 6) is -1.32. The summed E-state index contributed by atoms with van der Waals surface area (Å²) in [5.41, 5.74) is 3.04. The highest BCUT2D eigenvalue weighted by Gasteiger charge is 2.22. The van der Waals surface area contributed by atoms with Crippen molar-refractivity contribution in [3.05, 3.63) is 64.7 Å². The largest absolute Gasteiger partial charge is 0.451 e. The molecule has 0 saturated heterocycles. The van der Waals surface area contributed by atoms with Crippen LogP contribution in [0.15, 0.2) is 42.5 Å². The fourth-order valence-electron chi connectivity index (χ4n) is 2.47. The standard InChI is InChI=1S/C21H20N2O4/c1-13-4-5-14(2)18(12-13)20(25)15(3)27-21(26)16-6-8-17(9-7-16)23-19(24)10-11-22/h4-9,12,15H,10H2,1-3H3,(H,23,24)/t15-/m1/s1. The van der Waals surface area contributed by atoms with E-state index in [9.17, 15) is 14.4 Å². The lowest BCUT2D eigenvalue weighted by molar-refractivity contribution is -0.115. The molecule has 0 heterocycles. The average Bonchev–Trinajstić information content (AvgIpc) is 2.63. The minimum absolute atomic E-state index is 0.248. The van der Waals surface area contributed by atoms with Crippen LogP contribution in [0.1, 0.15) is 45.2 Å². The molecule has 0 fully saturated rings. The number of ketones is 1. The zero-order valence-electron chi connectivity index (χ0n) is 15.4. The van der Waals surface area contributed by atoms with Gasteiger partial charge in [0.1, 0.15) is 6.42 Å². The van der Waals surface area contributed by atoms with Crippen molar-refractivity contribution >= 4 is 23.3 Å². The summed E-state index contributed by atoms with van der Waals surface area (Å²) >= 11 is 0. The summed E-state index contributed by atoms with van der Waals surface area (Å²) in [6, 6.07) is 13.3. The minimum atomic E-state index is -0.923. The summed E-state index contributed by atoms with van der Waals surface area (Å²) in [6.45, 7) is 5.27.